The molecule has 0 aliphatic rings. The molecule has 2 heterocycles. The number of ether oxygens (including phenoxy) is 1. The topological polar surface area (TPSA) is 84.9 Å². The van der Waals surface area contributed by atoms with Crippen molar-refractivity contribution in [2.45, 2.75) is 6.92 Å². The molecule has 6 nitrogen and oxygen atoms in total. The van der Waals surface area contributed by atoms with Gasteiger partial charge >= 0.3 is 5.97 Å². The van der Waals surface area contributed by atoms with E-state index in [4.69, 9.17) is 16.3 Å². The highest BCUT2D eigenvalue weighted by Gasteiger charge is 2.14. The number of rotatable bonds is 3. The van der Waals surface area contributed by atoms with E-state index >= 15 is 0 Å². The number of esters is 1. The van der Waals surface area contributed by atoms with Crippen LogP contribution in [0, 0.1) is 0 Å². The van der Waals surface area contributed by atoms with Gasteiger partial charge in [-0.25, -0.2) is 9.78 Å². The van der Waals surface area contributed by atoms with Crippen molar-refractivity contribution in [3.63, 3.8) is 0 Å². The Kier molecular flexibility index (Phi) is 3.91. The first-order valence-corrected chi connectivity index (χ1v) is 5.88. The van der Waals surface area contributed by atoms with Crippen LogP contribution in [-0.2, 0) is 4.74 Å². The van der Waals surface area contributed by atoms with Crippen LogP contribution in [0.4, 0.5) is 0 Å². The number of nitrogens with zero attached hydrogens (tertiary/aromatic N) is 2. The summed E-state index contributed by atoms with van der Waals surface area (Å²) in [4.78, 5) is 33.7. The van der Waals surface area contributed by atoms with Gasteiger partial charge in [-0.2, -0.15) is 0 Å². The zero-order valence-corrected chi connectivity index (χ0v) is 10.8. The monoisotopic (exact) mass is 279 g/mol. The van der Waals surface area contributed by atoms with Crippen LogP contribution < -0.4 is 5.56 Å². The van der Waals surface area contributed by atoms with E-state index in [1.807, 2.05) is 0 Å². The van der Waals surface area contributed by atoms with Crippen molar-refractivity contribution in [1.29, 1.82) is 0 Å². The number of pyridine rings is 1. The van der Waals surface area contributed by atoms with Gasteiger partial charge in [0, 0.05) is 12.4 Å². The third-order valence-corrected chi connectivity index (χ3v) is 2.58. The second kappa shape index (κ2) is 5.62. The lowest BCUT2D eigenvalue weighted by Gasteiger charge is -2.03. The van der Waals surface area contributed by atoms with Gasteiger partial charge in [0.05, 0.1) is 11.6 Å². The van der Waals surface area contributed by atoms with E-state index in [0.717, 1.165) is 6.20 Å². The van der Waals surface area contributed by atoms with Gasteiger partial charge in [-0.3, -0.25) is 9.78 Å². The number of halogens is 1. The number of aromatic amines is 1. The maximum atomic E-state index is 11.8. The van der Waals surface area contributed by atoms with Crippen molar-refractivity contribution in [2.75, 3.05) is 6.61 Å². The minimum atomic E-state index is -0.713. The standard InChI is InChI=1S/C12H10ClN3O3/c1-2-19-12(18)7-6-15-10(16-11(7)17)9-8(13)4-3-5-14-9/h3-6H,2H2,1H3,(H,15,16,17). The molecule has 0 atom stereocenters. The number of hydrogen-bond acceptors (Lipinski definition) is 5. The van der Waals surface area contributed by atoms with Gasteiger partial charge in [-0.1, -0.05) is 11.6 Å². The second-order valence-electron chi connectivity index (χ2n) is 3.53. The third-order valence-electron chi connectivity index (χ3n) is 2.28. The fourth-order valence-corrected chi connectivity index (χ4v) is 1.64. The Morgan fingerprint density at radius 2 is 2.26 bits per heavy atom. The number of hydrogen-bond donors (Lipinski definition) is 1. The lowest BCUT2D eigenvalue weighted by Crippen LogP contribution is -2.21. The van der Waals surface area contributed by atoms with Gasteiger partial charge in [0.15, 0.2) is 5.82 Å². The zero-order chi connectivity index (χ0) is 13.8. The van der Waals surface area contributed by atoms with Gasteiger partial charge in [0.2, 0.25) is 0 Å². The molecule has 0 amide bonds. The van der Waals surface area contributed by atoms with Crippen molar-refractivity contribution in [3.8, 4) is 11.5 Å². The molecule has 2 rings (SSSR count). The van der Waals surface area contributed by atoms with Crippen molar-refractivity contribution < 1.29 is 9.53 Å². The summed E-state index contributed by atoms with van der Waals surface area (Å²) in [7, 11) is 0. The van der Waals surface area contributed by atoms with Gasteiger partial charge in [-0.05, 0) is 19.1 Å². The van der Waals surface area contributed by atoms with Gasteiger partial charge < -0.3 is 9.72 Å². The van der Waals surface area contributed by atoms with E-state index in [-0.39, 0.29) is 18.0 Å². The molecule has 19 heavy (non-hydrogen) atoms. The molecule has 0 aliphatic heterocycles. The molecule has 2 aromatic rings. The Labute approximate surface area is 113 Å². The Morgan fingerprint density at radius 3 is 2.89 bits per heavy atom. The van der Waals surface area contributed by atoms with Crippen molar-refractivity contribution >= 4 is 17.6 Å². The Hall–Kier alpha value is -2.21. The lowest BCUT2D eigenvalue weighted by molar-refractivity contribution is 0.0524. The SMILES string of the molecule is CCOC(=O)c1cnc(-c2ncccc2Cl)[nH]c1=O. The zero-order valence-electron chi connectivity index (χ0n) is 10.0. The fraction of sp³-hybridized carbons (Fsp3) is 0.167. The van der Waals surface area contributed by atoms with E-state index in [0.29, 0.717) is 10.7 Å². The minimum absolute atomic E-state index is 0.155. The van der Waals surface area contributed by atoms with Crippen molar-refractivity contribution in [2.24, 2.45) is 0 Å². The molecule has 0 bridgehead atoms. The molecule has 0 radical (unpaired) electrons. The van der Waals surface area contributed by atoms with Crippen LogP contribution in [0.25, 0.3) is 11.5 Å². The van der Waals surface area contributed by atoms with Crippen molar-refractivity contribution in [1.82, 2.24) is 15.0 Å². The molecule has 0 spiro atoms. The molecule has 1 N–H and O–H groups in total. The quantitative estimate of drug-likeness (QED) is 0.864. The molecule has 2 aromatic heterocycles. The van der Waals surface area contributed by atoms with Crippen molar-refractivity contribution in [3.05, 3.63) is 45.5 Å². The highest BCUT2D eigenvalue weighted by molar-refractivity contribution is 6.32. The summed E-state index contributed by atoms with van der Waals surface area (Å²) >= 11 is 5.95. The Bertz CT molecular complexity index is 669. The number of aromatic nitrogens is 3. The summed E-state index contributed by atoms with van der Waals surface area (Å²) in [6.07, 6.45) is 2.68. The van der Waals surface area contributed by atoms with E-state index < -0.39 is 11.5 Å². The summed E-state index contributed by atoms with van der Waals surface area (Å²) in [6.45, 7) is 1.84. The normalized spacial score (nSPS) is 10.2. The average Bonchev–Trinajstić information content (AvgIpc) is 2.39. The Morgan fingerprint density at radius 1 is 1.47 bits per heavy atom. The molecule has 0 aromatic carbocycles. The van der Waals surface area contributed by atoms with E-state index in [1.165, 1.54) is 6.20 Å². The predicted octanol–water partition coefficient (Wildman–Crippen LogP) is 1.66. The molecular formula is C12H10ClN3O3. The van der Waals surface area contributed by atoms with Gasteiger partial charge in [0.1, 0.15) is 11.3 Å². The smallest absolute Gasteiger partial charge is 0.345 e. The van der Waals surface area contributed by atoms with E-state index in [2.05, 4.69) is 15.0 Å². The molecule has 98 valence electrons. The average molecular weight is 280 g/mol. The largest absolute Gasteiger partial charge is 0.462 e. The molecule has 0 saturated carbocycles. The minimum Gasteiger partial charge on any atom is -0.462 e. The van der Waals surface area contributed by atoms with Crippen LogP contribution >= 0.6 is 11.6 Å². The first kappa shape index (κ1) is 13.2. The van der Waals surface area contributed by atoms with Crippen LogP contribution in [0.2, 0.25) is 5.02 Å². The maximum absolute atomic E-state index is 11.8. The fourth-order valence-electron chi connectivity index (χ4n) is 1.43. The van der Waals surface area contributed by atoms with Crippen LogP contribution in [0.3, 0.4) is 0 Å². The second-order valence-corrected chi connectivity index (χ2v) is 3.94. The van der Waals surface area contributed by atoms with Crippen LogP contribution in [0.15, 0.2) is 29.3 Å². The summed E-state index contributed by atoms with van der Waals surface area (Å²) in [6, 6.07) is 3.29. The van der Waals surface area contributed by atoms with E-state index in [1.54, 1.807) is 19.1 Å². The molecule has 0 saturated heterocycles. The number of nitrogens with one attached hydrogen (secondary N) is 1. The van der Waals surface area contributed by atoms with E-state index in [9.17, 15) is 9.59 Å². The molecule has 7 heteroatoms. The Balaban J connectivity index is 2.43. The summed E-state index contributed by atoms with van der Waals surface area (Å²) in [5, 5.41) is 0.356. The first-order valence-electron chi connectivity index (χ1n) is 5.50. The highest BCUT2D eigenvalue weighted by atomic mass is 35.5. The van der Waals surface area contributed by atoms with Crippen LogP contribution in [0.1, 0.15) is 17.3 Å². The first-order chi connectivity index (χ1) is 9.13. The number of carbonyl (C=O) groups is 1. The lowest BCUT2D eigenvalue weighted by atomic mass is 10.3. The van der Waals surface area contributed by atoms with Crippen LogP contribution in [0.5, 0.6) is 0 Å². The van der Waals surface area contributed by atoms with Gasteiger partial charge in [0.25, 0.3) is 5.56 Å². The van der Waals surface area contributed by atoms with Crippen LogP contribution in [-0.4, -0.2) is 27.5 Å². The summed E-state index contributed by atoms with van der Waals surface area (Å²) in [5.41, 5.74) is -0.403. The highest BCUT2D eigenvalue weighted by Crippen LogP contribution is 2.20. The molecule has 0 unspecified atom stereocenters. The summed E-state index contributed by atoms with van der Waals surface area (Å²) in [5.74, 6) is -0.515. The molecular weight excluding hydrogens is 270 g/mol. The molecule has 0 fully saturated rings. The predicted molar refractivity (Wildman–Crippen MR) is 69.1 cm³/mol. The van der Waals surface area contributed by atoms with Gasteiger partial charge in [-0.15, -0.1) is 0 Å². The summed E-state index contributed by atoms with van der Waals surface area (Å²) < 4.78 is 4.74. The number of carbonyl (C=O) groups excluding carboxylic acids is 1. The maximum Gasteiger partial charge on any atom is 0.345 e. The third kappa shape index (κ3) is 2.79. The molecule has 0 aliphatic carbocycles. The number of H-pyrrole nitrogens is 1.